The van der Waals surface area contributed by atoms with Crippen molar-refractivity contribution in [1.82, 2.24) is 9.97 Å². The highest BCUT2D eigenvalue weighted by Gasteiger charge is 2.35. The topological polar surface area (TPSA) is 93.3 Å². The van der Waals surface area contributed by atoms with Crippen LogP contribution in [-0.2, 0) is 13.6 Å². The third kappa shape index (κ3) is 3.41. The van der Waals surface area contributed by atoms with Crippen molar-refractivity contribution in [3.05, 3.63) is 58.4 Å². The Balaban J connectivity index is 1.79. The maximum atomic E-state index is 13.3. The first-order valence-corrected chi connectivity index (χ1v) is 8.11. The zero-order chi connectivity index (χ0) is 15.6. The van der Waals surface area contributed by atoms with Gasteiger partial charge in [0.15, 0.2) is 0 Å². The number of anilines is 1. The van der Waals surface area contributed by atoms with Gasteiger partial charge in [-0.1, -0.05) is 12.1 Å². The van der Waals surface area contributed by atoms with Gasteiger partial charge in [0.2, 0.25) is 0 Å². The fourth-order valence-corrected chi connectivity index (χ4v) is 3.59. The van der Waals surface area contributed by atoms with E-state index in [0.29, 0.717) is 12.0 Å². The average molecular weight is 325 g/mol. The fraction of sp³-hybridized carbons (Fsp3) is 0.231. The van der Waals surface area contributed by atoms with Crippen molar-refractivity contribution >= 4 is 13.6 Å². The minimum atomic E-state index is -3.68. The molecule has 2 heterocycles. The van der Waals surface area contributed by atoms with Crippen LogP contribution in [0.15, 0.2) is 41.3 Å². The Morgan fingerprint density at radius 3 is 3.05 bits per heavy atom. The van der Waals surface area contributed by atoms with Gasteiger partial charge >= 0.3 is 13.4 Å². The second-order valence-corrected chi connectivity index (χ2v) is 6.35. The van der Waals surface area contributed by atoms with Gasteiger partial charge in [-0.3, -0.25) is 14.1 Å². The maximum Gasteiger partial charge on any atom is 0.434 e. The van der Waals surface area contributed by atoms with Gasteiger partial charge in [0, 0.05) is 12.6 Å². The Morgan fingerprint density at radius 1 is 1.41 bits per heavy atom. The summed E-state index contributed by atoms with van der Waals surface area (Å²) in [7, 11) is -3.68. The van der Waals surface area contributed by atoms with Crippen LogP contribution in [0.3, 0.4) is 0 Å². The fourth-order valence-electron chi connectivity index (χ4n) is 2.10. The molecule has 22 heavy (non-hydrogen) atoms. The number of aromatic amines is 1. The molecule has 2 unspecified atom stereocenters. The molecule has 9 heteroatoms. The number of hydrogen-bond acceptors (Lipinski definition) is 5. The van der Waals surface area contributed by atoms with Crippen molar-refractivity contribution in [2.75, 3.05) is 11.7 Å². The Morgan fingerprint density at radius 2 is 2.27 bits per heavy atom. The summed E-state index contributed by atoms with van der Waals surface area (Å²) in [5.74, 6) is -0.321. The van der Waals surface area contributed by atoms with E-state index in [1.165, 1.54) is 24.4 Å². The van der Waals surface area contributed by atoms with Gasteiger partial charge in [-0.2, -0.15) is 4.98 Å². The lowest BCUT2D eigenvalue weighted by molar-refractivity contribution is 0.0840. The zero-order valence-corrected chi connectivity index (χ0v) is 12.3. The minimum absolute atomic E-state index is 0.0759. The summed E-state index contributed by atoms with van der Waals surface area (Å²) in [4.78, 5) is 17.1. The van der Waals surface area contributed by atoms with E-state index in [0.717, 1.165) is 0 Å². The van der Waals surface area contributed by atoms with Gasteiger partial charge in [0.05, 0.1) is 12.7 Å². The van der Waals surface area contributed by atoms with E-state index in [9.17, 15) is 13.8 Å². The molecule has 3 rings (SSSR count). The van der Waals surface area contributed by atoms with Gasteiger partial charge in [-0.15, -0.1) is 0 Å². The van der Waals surface area contributed by atoms with E-state index in [-0.39, 0.29) is 12.4 Å². The molecule has 7 nitrogen and oxygen atoms in total. The smallest absolute Gasteiger partial charge is 0.313 e. The molecule has 0 amide bonds. The first kappa shape index (κ1) is 14.9. The lowest BCUT2D eigenvalue weighted by Gasteiger charge is -2.30. The quantitative estimate of drug-likeness (QED) is 0.843. The Kier molecular flexibility index (Phi) is 4.06. The zero-order valence-electron chi connectivity index (χ0n) is 11.4. The molecule has 116 valence electrons. The predicted octanol–water partition coefficient (Wildman–Crippen LogP) is 2.61. The average Bonchev–Trinajstić information content (AvgIpc) is 2.47. The first-order valence-electron chi connectivity index (χ1n) is 6.57. The van der Waals surface area contributed by atoms with Crippen molar-refractivity contribution in [2.24, 2.45) is 0 Å². The Bertz CT molecular complexity index is 782. The number of hydrogen-bond donors (Lipinski definition) is 2. The maximum absolute atomic E-state index is 13.3. The van der Waals surface area contributed by atoms with Crippen LogP contribution in [0.2, 0.25) is 0 Å². The van der Waals surface area contributed by atoms with Crippen LogP contribution in [0.1, 0.15) is 18.1 Å². The molecule has 2 atom stereocenters. The Hall–Kier alpha value is -2.02. The number of nitrogens with zero attached hydrogens (tertiary/aromatic N) is 1. The summed E-state index contributed by atoms with van der Waals surface area (Å²) in [5, 5.41) is 2.50. The standard InChI is InChI=1S/C13H13FN3O4P/c14-10-3-1-2-9(8-10)11-5-7-20-22(19,21-11)17-12-4-6-15-13(18)16-12/h1-4,6,8,11H,5,7H2,(H2,15,16,17,18,19). The predicted molar refractivity (Wildman–Crippen MR) is 76.9 cm³/mol. The van der Waals surface area contributed by atoms with Crippen LogP contribution in [0.5, 0.6) is 0 Å². The van der Waals surface area contributed by atoms with Crippen LogP contribution < -0.4 is 10.8 Å². The molecule has 0 spiro atoms. The lowest BCUT2D eigenvalue weighted by Crippen LogP contribution is -2.19. The number of rotatable bonds is 3. The molecule has 0 saturated carbocycles. The highest BCUT2D eigenvalue weighted by Crippen LogP contribution is 2.55. The SMILES string of the molecule is O=c1nc(NP2(=O)OCCC(c3cccc(F)c3)O2)cc[nH]1. The Labute approximate surface area is 125 Å². The molecule has 1 saturated heterocycles. The molecule has 1 aromatic carbocycles. The van der Waals surface area contributed by atoms with Crippen molar-refractivity contribution < 1.29 is 18.0 Å². The number of nitrogens with one attached hydrogen (secondary N) is 2. The van der Waals surface area contributed by atoms with E-state index in [1.54, 1.807) is 12.1 Å². The van der Waals surface area contributed by atoms with E-state index < -0.39 is 25.4 Å². The van der Waals surface area contributed by atoms with E-state index in [4.69, 9.17) is 9.05 Å². The van der Waals surface area contributed by atoms with Crippen LogP contribution >= 0.6 is 7.75 Å². The second kappa shape index (κ2) is 6.00. The van der Waals surface area contributed by atoms with Crippen molar-refractivity contribution in [3.63, 3.8) is 0 Å². The van der Waals surface area contributed by atoms with Crippen molar-refractivity contribution in [2.45, 2.75) is 12.5 Å². The summed E-state index contributed by atoms with van der Waals surface area (Å²) in [6, 6.07) is 7.32. The molecule has 0 radical (unpaired) electrons. The largest absolute Gasteiger partial charge is 0.434 e. The van der Waals surface area contributed by atoms with Gasteiger partial charge in [0.1, 0.15) is 11.6 Å². The molecule has 0 bridgehead atoms. The molecule has 1 aromatic heterocycles. The number of benzene rings is 1. The summed E-state index contributed by atoms with van der Waals surface area (Å²) in [6.45, 7) is 0.175. The highest BCUT2D eigenvalue weighted by atomic mass is 31.2. The van der Waals surface area contributed by atoms with Gasteiger partial charge in [-0.25, -0.2) is 13.8 Å². The highest BCUT2D eigenvalue weighted by molar-refractivity contribution is 7.55. The summed E-state index contributed by atoms with van der Waals surface area (Å²) in [6.07, 6.45) is 1.24. The molecule has 1 aliphatic heterocycles. The van der Waals surface area contributed by atoms with Crippen LogP contribution in [0.25, 0.3) is 0 Å². The summed E-state index contributed by atoms with van der Waals surface area (Å²) < 4.78 is 36.5. The third-order valence-corrected chi connectivity index (χ3v) is 4.61. The molecule has 1 fully saturated rings. The van der Waals surface area contributed by atoms with Gasteiger partial charge in [-0.05, 0) is 23.8 Å². The molecular formula is C13H13FN3O4P. The first-order chi connectivity index (χ1) is 10.5. The number of aromatic nitrogens is 2. The molecule has 2 aromatic rings. The summed E-state index contributed by atoms with van der Waals surface area (Å²) in [5.41, 5.74) is -0.0144. The van der Waals surface area contributed by atoms with Gasteiger partial charge < -0.3 is 4.98 Å². The lowest BCUT2D eigenvalue weighted by atomic mass is 10.1. The number of halogens is 1. The number of H-pyrrole nitrogens is 1. The van der Waals surface area contributed by atoms with E-state index in [2.05, 4.69) is 15.1 Å². The molecular weight excluding hydrogens is 312 g/mol. The summed E-state index contributed by atoms with van der Waals surface area (Å²) >= 11 is 0. The molecule has 2 N–H and O–H groups in total. The van der Waals surface area contributed by atoms with Crippen LogP contribution in [-0.4, -0.2) is 16.6 Å². The minimum Gasteiger partial charge on any atom is -0.313 e. The van der Waals surface area contributed by atoms with Crippen molar-refractivity contribution in [3.8, 4) is 0 Å². The second-order valence-electron chi connectivity index (χ2n) is 4.66. The third-order valence-electron chi connectivity index (χ3n) is 3.05. The van der Waals surface area contributed by atoms with E-state index in [1.807, 2.05) is 0 Å². The monoisotopic (exact) mass is 325 g/mol. The van der Waals surface area contributed by atoms with Crippen LogP contribution in [0.4, 0.5) is 10.2 Å². The van der Waals surface area contributed by atoms with E-state index >= 15 is 0 Å². The van der Waals surface area contributed by atoms with Gasteiger partial charge in [0.25, 0.3) is 0 Å². The van der Waals surface area contributed by atoms with Crippen molar-refractivity contribution in [1.29, 1.82) is 0 Å². The normalized spacial score (nSPS) is 24.9. The molecule has 0 aliphatic carbocycles. The van der Waals surface area contributed by atoms with Crippen LogP contribution in [0, 0.1) is 5.82 Å². The molecule has 1 aliphatic rings.